The molecule has 2 nitrogen and oxygen atoms in total. The molecule has 0 aromatic heterocycles. The molecule has 0 aromatic rings. The second-order valence-electron chi connectivity index (χ2n) is 4.52. The van der Waals surface area contributed by atoms with E-state index in [-0.39, 0.29) is 0 Å². The molecule has 0 aliphatic carbocycles. The van der Waals surface area contributed by atoms with Crippen molar-refractivity contribution in [3.8, 4) is 0 Å². The van der Waals surface area contributed by atoms with Gasteiger partial charge in [0, 0.05) is 0 Å². The Morgan fingerprint density at radius 3 is 1.73 bits per heavy atom. The molecule has 0 saturated heterocycles. The molecule has 1 unspecified atom stereocenters. The van der Waals surface area contributed by atoms with Gasteiger partial charge in [0.2, 0.25) is 0 Å². The topological polar surface area (TPSA) is 29.3 Å². The minimum absolute atomic E-state index is 0.687. The molecule has 0 aliphatic heterocycles. The minimum atomic E-state index is -1.12. The van der Waals surface area contributed by atoms with Gasteiger partial charge in [0.15, 0.2) is 9.12 Å². The van der Waals surface area contributed by atoms with Crippen molar-refractivity contribution in [1.82, 2.24) is 4.23 Å². The first-order valence-electron chi connectivity index (χ1n) is 4.25. The third-order valence-electron chi connectivity index (χ3n) is 2.19. The summed E-state index contributed by atoms with van der Waals surface area (Å²) in [5.74, 6) is 0. The molecule has 1 atom stereocenters. The highest BCUT2D eigenvalue weighted by Crippen LogP contribution is 2.13. The van der Waals surface area contributed by atoms with Crippen molar-refractivity contribution >= 4 is 17.4 Å². The molecule has 4 heteroatoms. The first-order chi connectivity index (χ1) is 4.76. The molecule has 0 saturated carbocycles. The highest BCUT2D eigenvalue weighted by atomic mass is 28.4. The maximum absolute atomic E-state index is 6.15. The summed E-state index contributed by atoms with van der Waals surface area (Å²) in [5, 5.41) is 6.15. The molecule has 0 aliphatic rings. The lowest BCUT2D eigenvalue weighted by Gasteiger charge is -2.36. The van der Waals surface area contributed by atoms with Crippen molar-refractivity contribution in [3.05, 3.63) is 0 Å². The van der Waals surface area contributed by atoms with Gasteiger partial charge in [-0.3, -0.25) is 0 Å². The highest BCUT2D eigenvalue weighted by molar-refractivity contribution is 6.82. The standard InChI is InChI=1S/C7H22N2Si2/c1-7(2)10(8)9(3)11(4,5)6/h7,10H,8H2,1-6H3. The molecule has 2 N–H and O–H groups in total. The van der Waals surface area contributed by atoms with Crippen LogP contribution in [0.5, 0.6) is 0 Å². The number of nitrogens with two attached hydrogens (primary N) is 1. The average Bonchev–Trinajstić information content (AvgIpc) is 1.82. The quantitative estimate of drug-likeness (QED) is 0.681. The molecular weight excluding hydrogens is 168 g/mol. The van der Waals surface area contributed by atoms with Crippen LogP contribution in [-0.4, -0.2) is 28.6 Å². The van der Waals surface area contributed by atoms with Crippen molar-refractivity contribution in [2.45, 2.75) is 39.0 Å². The molecule has 11 heavy (non-hydrogen) atoms. The normalized spacial score (nSPS) is 16.1. The van der Waals surface area contributed by atoms with Crippen LogP contribution in [0, 0.1) is 0 Å². The summed E-state index contributed by atoms with van der Waals surface area (Å²) in [7, 11) is -0.0184. The van der Waals surface area contributed by atoms with E-state index in [0.29, 0.717) is 5.54 Å². The molecule has 0 amide bonds. The van der Waals surface area contributed by atoms with Gasteiger partial charge in [-0.05, 0) is 12.6 Å². The van der Waals surface area contributed by atoms with Gasteiger partial charge in [0.1, 0.15) is 8.24 Å². The van der Waals surface area contributed by atoms with E-state index < -0.39 is 17.4 Å². The maximum atomic E-state index is 6.15. The minimum Gasteiger partial charge on any atom is -0.342 e. The van der Waals surface area contributed by atoms with Crippen molar-refractivity contribution in [2.24, 2.45) is 5.40 Å². The monoisotopic (exact) mass is 190 g/mol. The fraction of sp³-hybridized carbons (Fsp3) is 1.00. The zero-order valence-electron chi connectivity index (χ0n) is 8.68. The smallest absolute Gasteiger partial charge is 0.180 e. The van der Waals surface area contributed by atoms with Crippen molar-refractivity contribution in [1.29, 1.82) is 0 Å². The van der Waals surface area contributed by atoms with Gasteiger partial charge in [0.25, 0.3) is 0 Å². The Bertz CT molecular complexity index is 120. The van der Waals surface area contributed by atoms with E-state index in [1.54, 1.807) is 0 Å². The van der Waals surface area contributed by atoms with Crippen LogP contribution in [0.15, 0.2) is 0 Å². The molecule has 0 fully saturated rings. The van der Waals surface area contributed by atoms with Crippen LogP contribution in [0.2, 0.25) is 25.2 Å². The number of hydrogen-bond donors (Lipinski definition) is 1. The lowest BCUT2D eigenvalue weighted by atomic mass is 10.6. The predicted octanol–water partition coefficient (Wildman–Crippen LogP) is 1.34. The Hall–Kier alpha value is 0.354. The van der Waals surface area contributed by atoms with Crippen LogP contribution in [0.25, 0.3) is 0 Å². The van der Waals surface area contributed by atoms with Crippen LogP contribution in [0.1, 0.15) is 13.8 Å². The van der Waals surface area contributed by atoms with E-state index in [1.807, 2.05) is 0 Å². The number of rotatable bonds is 3. The third-order valence-corrected chi connectivity index (χ3v) is 9.78. The van der Waals surface area contributed by atoms with Crippen LogP contribution >= 0.6 is 0 Å². The fourth-order valence-electron chi connectivity index (χ4n) is 0.894. The maximum Gasteiger partial charge on any atom is 0.180 e. The summed E-state index contributed by atoms with van der Waals surface area (Å²) in [5.41, 5.74) is 0.687. The first kappa shape index (κ1) is 11.4. The number of nitrogens with zero attached hydrogens (tertiary/aromatic N) is 1. The zero-order valence-corrected chi connectivity index (χ0v) is 10.8. The average molecular weight is 190 g/mol. The molecule has 0 radical (unpaired) electrons. The third kappa shape index (κ3) is 3.51. The van der Waals surface area contributed by atoms with E-state index in [0.717, 1.165) is 0 Å². The molecule has 0 rings (SSSR count). The fourth-order valence-corrected chi connectivity index (χ4v) is 6.26. The van der Waals surface area contributed by atoms with Crippen LogP contribution in [0.3, 0.4) is 0 Å². The second kappa shape index (κ2) is 3.84. The molecule has 0 bridgehead atoms. The Labute approximate surface area is 73.6 Å². The molecule has 68 valence electrons. The predicted molar refractivity (Wildman–Crippen MR) is 57.5 cm³/mol. The lowest BCUT2D eigenvalue weighted by molar-refractivity contribution is 0.739. The van der Waals surface area contributed by atoms with Gasteiger partial charge in [-0.15, -0.1) is 0 Å². The van der Waals surface area contributed by atoms with Crippen LogP contribution in [-0.2, 0) is 0 Å². The first-order valence-corrected chi connectivity index (χ1v) is 9.55. The van der Waals surface area contributed by atoms with Gasteiger partial charge in [0.05, 0.1) is 0 Å². The van der Waals surface area contributed by atoms with Crippen molar-refractivity contribution in [3.63, 3.8) is 0 Å². The van der Waals surface area contributed by atoms with Gasteiger partial charge < -0.3 is 9.63 Å². The zero-order chi connectivity index (χ0) is 9.23. The van der Waals surface area contributed by atoms with Crippen LogP contribution in [0.4, 0.5) is 0 Å². The van der Waals surface area contributed by atoms with E-state index in [1.165, 1.54) is 0 Å². The van der Waals surface area contributed by atoms with Crippen LogP contribution < -0.4 is 5.40 Å². The van der Waals surface area contributed by atoms with Gasteiger partial charge >= 0.3 is 0 Å². The van der Waals surface area contributed by atoms with Gasteiger partial charge in [-0.1, -0.05) is 33.5 Å². The largest absolute Gasteiger partial charge is 0.342 e. The summed E-state index contributed by atoms with van der Waals surface area (Å²) >= 11 is 0. The Balaban J connectivity index is 4.13. The summed E-state index contributed by atoms with van der Waals surface area (Å²) in [4.78, 5) is 0. The summed E-state index contributed by atoms with van der Waals surface area (Å²) < 4.78 is 2.48. The van der Waals surface area contributed by atoms with E-state index in [4.69, 9.17) is 5.40 Å². The summed E-state index contributed by atoms with van der Waals surface area (Å²) in [6, 6.07) is 0. The van der Waals surface area contributed by atoms with Crippen molar-refractivity contribution in [2.75, 3.05) is 7.05 Å². The van der Waals surface area contributed by atoms with Crippen molar-refractivity contribution < 1.29 is 0 Å². The molecule has 0 aromatic carbocycles. The van der Waals surface area contributed by atoms with E-state index in [2.05, 4.69) is 44.8 Å². The Morgan fingerprint density at radius 1 is 1.27 bits per heavy atom. The Morgan fingerprint density at radius 2 is 1.64 bits per heavy atom. The second-order valence-corrected chi connectivity index (χ2v) is 13.2. The van der Waals surface area contributed by atoms with Gasteiger partial charge in [-0.2, -0.15) is 0 Å². The molecular formula is C7H22N2Si2. The molecule has 0 heterocycles. The lowest BCUT2D eigenvalue weighted by Crippen LogP contribution is -2.57. The highest BCUT2D eigenvalue weighted by Gasteiger charge is 2.27. The van der Waals surface area contributed by atoms with E-state index >= 15 is 0 Å². The Kier molecular flexibility index (Phi) is 3.97. The van der Waals surface area contributed by atoms with E-state index in [9.17, 15) is 0 Å². The summed E-state index contributed by atoms with van der Waals surface area (Å²) in [6.45, 7) is 11.5. The van der Waals surface area contributed by atoms with Gasteiger partial charge in [-0.25, -0.2) is 0 Å². The number of hydrogen-bond acceptors (Lipinski definition) is 2. The SMILES string of the molecule is CC(C)[SiH](N)N(C)[Si](C)(C)C. The summed E-state index contributed by atoms with van der Waals surface area (Å²) in [6.07, 6.45) is 0. The molecule has 0 spiro atoms.